The van der Waals surface area contributed by atoms with Crippen molar-refractivity contribution in [3.63, 3.8) is 0 Å². The third-order valence-electron chi connectivity index (χ3n) is 15.2. The first-order valence-electron chi connectivity index (χ1n) is 33.1. The van der Waals surface area contributed by atoms with Crippen LogP contribution in [0.2, 0.25) is 0 Å². The average Bonchev–Trinajstić information content (AvgIpc) is 1.77. The molecule has 38 nitrogen and oxygen atoms in total. The molecule has 1 heterocycles. The zero-order valence-electron chi connectivity index (χ0n) is 58.3. The number of ketones is 1. The van der Waals surface area contributed by atoms with Gasteiger partial charge >= 0.3 is 29.8 Å². The number of nitrogens with two attached hydrogens (primary N) is 1. The Bertz CT molecular complexity index is 3140. The van der Waals surface area contributed by atoms with Crippen LogP contribution in [-0.4, -0.2) is 262 Å². The fourth-order valence-electron chi connectivity index (χ4n) is 10.0. The molecule has 1 aliphatic heterocycles. The highest BCUT2D eigenvalue weighted by Gasteiger charge is 2.38. The van der Waals surface area contributed by atoms with Crippen molar-refractivity contribution in [2.75, 3.05) is 64.6 Å². The number of hydrogen-bond donors (Lipinski definition) is 17. The molecule has 0 saturated carbocycles. The third kappa shape index (κ3) is 36.0. The largest absolute Gasteiger partial charge is 0.481 e. The minimum absolute atomic E-state index is 0.00921. The van der Waals surface area contributed by atoms with Gasteiger partial charge < -0.3 is 104 Å². The zero-order chi connectivity index (χ0) is 77.5. The number of nitrogens with zero attached hydrogens (tertiary/aromatic N) is 1. The van der Waals surface area contributed by atoms with Gasteiger partial charge in [-0.3, -0.25) is 86.3 Å². The Kier molecular flexibility index (Phi) is 41.0. The van der Waals surface area contributed by atoms with Crippen LogP contribution in [0.1, 0.15) is 134 Å². The number of ether oxygens (including phenoxy) is 2. The van der Waals surface area contributed by atoms with Crippen LogP contribution >= 0.6 is 11.8 Å². The fourth-order valence-corrected chi connectivity index (χ4v) is 10.6. The summed E-state index contributed by atoms with van der Waals surface area (Å²) < 4.78 is 10.6. The SMILES string of the molecule is CSC[C@H](NC(=O)CNC(=O)[C@H](CC(C)C)NC(=O)[C@@H]1CCCN1C(=O)COCCNC(=O)[C@H](Cc1ccc(C(C)=O)cc1)NC(=O)[C@@H](CCC(=O)O)NC(=O)[C@@H](CCC(=O)O)NC(=O)[C@@H](CCC(=O)O)NC(=O)[C@@H](CCC(=O)O)NC(=O)[C@@H](CCC(=O)O)NC(=O)COCCN)C(=O)NC(C)C. The van der Waals surface area contributed by atoms with Gasteiger partial charge in [0.2, 0.25) is 70.9 Å². The molecule has 9 atom stereocenters. The number of nitrogens with one attached hydrogen (secondary N) is 11. The number of rotatable bonds is 51. The summed E-state index contributed by atoms with van der Waals surface area (Å²) in [5.41, 5.74) is 5.99. The van der Waals surface area contributed by atoms with Gasteiger partial charge in [-0.1, -0.05) is 38.1 Å². The quantitative estimate of drug-likeness (QED) is 0.0217. The smallest absolute Gasteiger partial charge is 0.303 e. The van der Waals surface area contributed by atoms with E-state index in [1.807, 2.05) is 13.8 Å². The lowest BCUT2D eigenvalue weighted by atomic mass is 10.0. The molecule has 0 spiro atoms. The first kappa shape index (κ1) is 89.2. The predicted octanol–water partition coefficient (Wildman–Crippen LogP) is -4.22. The molecule has 1 saturated heterocycles. The average molecular weight is 1480 g/mol. The van der Waals surface area contributed by atoms with E-state index in [9.17, 15) is 112 Å². The fraction of sp³-hybridized carbons (Fsp3) is 0.625. The van der Waals surface area contributed by atoms with Crippen molar-refractivity contribution in [2.24, 2.45) is 11.7 Å². The van der Waals surface area contributed by atoms with Gasteiger partial charge in [0.25, 0.3) is 0 Å². The maximum atomic E-state index is 14.3. The van der Waals surface area contributed by atoms with Gasteiger partial charge in [0.1, 0.15) is 67.6 Å². The molecule has 2 rings (SSSR count). The summed E-state index contributed by atoms with van der Waals surface area (Å²) >= 11 is 1.33. The molecule has 574 valence electrons. The van der Waals surface area contributed by atoms with E-state index in [0.717, 1.165) is 0 Å². The molecular formula is C64H97N13O25S. The molecule has 1 aromatic rings. The standard InChI is InChI=1S/C64H97N13O25S/c1-34(2)28-44(57(93)67-30-48(79)70-46(33-103-6)63(99)68-35(3)4)76-64(100)47-8-7-25-77(47)50(81)32-102-27-24-66-56(92)45(29-37-9-11-38(12-10-37)36(5)78)75-62(98)43(17-22-55(90)91)74-61(97)42(16-21-54(88)89)73-60(96)41(15-20-53(86)87)72-59(95)40(14-19-52(84)85)71-58(94)39(13-18-51(82)83)69-49(80)31-101-26-23-65/h9-12,34-35,39-47H,7-8,13-33,65H2,1-6H3,(H,66,92)(H,67,93)(H,68,99)(H,69,80)(H,70,79)(H,71,94)(H,72,95)(H,73,96)(H,74,97)(H,75,98)(H,76,100)(H,82,83)(H,84,85)(H,86,87)(H,88,89)(H,90,91)/t39-,40-,41-,42-,43-,44+,45+,46+,47+/m1/s1. The van der Waals surface area contributed by atoms with E-state index < -0.39 is 239 Å². The van der Waals surface area contributed by atoms with E-state index in [4.69, 9.17) is 15.2 Å². The molecule has 0 bridgehead atoms. The maximum absolute atomic E-state index is 14.3. The summed E-state index contributed by atoms with van der Waals surface area (Å²) in [6.07, 6.45) is -5.47. The second-order valence-corrected chi connectivity index (χ2v) is 25.5. The molecule has 18 N–H and O–H groups in total. The Hall–Kier alpha value is -9.89. The summed E-state index contributed by atoms with van der Waals surface area (Å²) in [6, 6.07) is -8.44. The highest BCUT2D eigenvalue weighted by molar-refractivity contribution is 7.98. The number of likely N-dealkylation sites (tertiary alicyclic amines) is 1. The van der Waals surface area contributed by atoms with Gasteiger partial charge in [0.05, 0.1) is 19.8 Å². The van der Waals surface area contributed by atoms with E-state index in [-0.39, 0.29) is 81.2 Å². The van der Waals surface area contributed by atoms with Crippen LogP contribution in [0.15, 0.2) is 24.3 Å². The second-order valence-electron chi connectivity index (χ2n) is 24.6. The monoisotopic (exact) mass is 1480 g/mol. The number of carbonyl (C=O) groups is 18. The lowest BCUT2D eigenvalue weighted by Gasteiger charge is -2.27. The lowest BCUT2D eigenvalue weighted by Crippen LogP contribution is -2.60. The number of aliphatic carboxylic acids is 5. The molecule has 1 fully saturated rings. The van der Waals surface area contributed by atoms with Gasteiger partial charge in [-0.25, -0.2) is 0 Å². The molecule has 1 aromatic carbocycles. The summed E-state index contributed by atoms with van der Waals surface area (Å²) in [6.45, 7) is 6.12. The summed E-state index contributed by atoms with van der Waals surface area (Å²) in [5.74, 6) is -19.0. The molecular weight excluding hydrogens is 1380 g/mol. The molecule has 1 aliphatic rings. The van der Waals surface area contributed by atoms with Crippen molar-refractivity contribution in [3.05, 3.63) is 35.4 Å². The van der Waals surface area contributed by atoms with Gasteiger partial charge in [0, 0.05) is 75.5 Å². The number of benzene rings is 1. The molecule has 12 amide bonds. The first-order valence-corrected chi connectivity index (χ1v) is 34.5. The number of carboxylic acids is 5. The van der Waals surface area contributed by atoms with E-state index >= 15 is 0 Å². The van der Waals surface area contributed by atoms with E-state index in [2.05, 4.69) is 58.5 Å². The third-order valence-corrected chi connectivity index (χ3v) is 15.8. The number of hydrogen-bond acceptors (Lipinski definition) is 22. The van der Waals surface area contributed by atoms with Crippen molar-refractivity contribution >= 4 is 118 Å². The molecule has 0 aromatic heterocycles. The lowest BCUT2D eigenvalue weighted by molar-refractivity contribution is -0.142. The topological polar surface area (TPSA) is 588 Å². The highest BCUT2D eigenvalue weighted by Crippen LogP contribution is 2.19. The van der Waals surface area contributed by atoms with Crippen molar-refractivity contribution in [1.29, 1.82) is 0 Å². The van der Waals surface area contributed by atoms with E-state index in [0.29, 0.717) is 12.0 Å². The van der Waals surface area contributed by atoms with Crippen LogP contribution in [0.3, 0.4) is 0 Å². The Balaban J connectivity index is 2.37. The van der Waals surface area contributed by atoms with Gasteiger partial charge in [-0.05, 0) is 89.9 Å². The van der Waals surface area contributed by atoms with Gasteiger partial charge in [0.15, 0.2) is 5.78 Å². The number of thioether (sulfide) groups is 1. The first-order chi connectivity index (χ1) is 48.5. The van der Waals surface area contributed by atoms with Gasteiger partial charge in [-0.2, -0.15) is 11.8 Å². The summed E-state index contributed by atoms with van der Waals surface area (Å²) in [4.78, 5) is 235. The van der Waals surface area contributed by atoms with Crippen molar-refractivity contribution in [2.45, 2.75) is 185 Å². The van der Waals surface area contributed by atoms with Crippen LogP contribution in [0.25, 0.3) is 0 Å². The summed E-state index contributed by atoms with van der Waals surface area (Å²) in [7, 11) is 0. The second kappa shape index (κ2) is 47.3. The van der Waals surface area contributed by atoms with Crippen LogP contribution in [-0.2, 0) is 97.4 Å². The van der Waals surface area contributed by atoms with Crippen LogP contribution < -0.4 is 64.2 Å². The van der Waals surface area contributed by atoms with Crippen LogP contribution in [0.4, 0.5) is 0 Å². The predicted molar refractivity (Wildman–Crippen MR) is 363 cm³/mol. The molecule has 0 aliphatic carbocycles. The number of carbonyl (C=O) groups excluding carboxylic acids is 13. The molecule has 103 heavy (non-hydrogen) atoms. The van der Waals surface area contributed by atoms with Crippen molar-refractivity contribution in [3.8, 4) is 0 Å². The Morgan fingerprint density at radius 1 is 0.505 bits per heavy atom. The number of amides is 12. The molecule has 0 radical (unpaired) electrons. The van der Waals surface area contributed by atoms with Crippen LogP contribution in [0.5, 0.6) is 0 Å². The number of carboxylic acid groups (broad SMARTS) is 5. The maximum Gasteiger partial charge on any atom is 0.303 e. The Labute approximate surface area is 597 Å². The highest BCUT2D eigenvalue weighted by atomic mass is 32.2. The number of Topliss-reactive ketones (excluding diaryl/α,β-unsaturated/α-hetero) is 1. The minimum atomic E-state index is -1.99. The Morgan fingerprint density at radius 2 is 0.922 bits per heavy atom. The van der Waals surface area contributed by atoms with Crippen LogP contribution in [0, 0.1) is 5.92 Å². The normalized spacial score (nSPS) is 14.8. The van der Waals surface area contributed by atoms with Gasteiger partial charge in [-0.15, -0.1) is 0 Å². The van der Waals surface area contributed by atoms with Crippen molar-refractivity contribution < 1.29 is 121 Å². The summed E-state index contributed by atoms with van der Waals surface area (Å²) in [5, 5.41) is 74.3. The molecule has 39 heteroatoms. The zero-order valence-corrected chi connectivity index (χ0v) is 59.1. The van der Waals surface area contributed by atoms with E-state index in [1.54, 1.807) is 20.1 Å². The minimum Gasteiger partial charge on any atom is -0.481 e. The van der Waals surface area contributed by atoms with Crippen molar-refractivity contribution in [1.82, 2.24) is 63.4 Å². The van der Waals surface area contributed by atoms with E-state index in [1.165, 1.54) is 47.9 Å². The Morgan fingerprint density at radius 3 is 1.34 bits per heavy atom. The molecule has 0 unspecified atom stereocenters.